The Labute approximate surface area is 204 Å². The highest BCUT2D eigenvalue weighted by Gasteiger charge is 2.27. The molecule has 0 unspecified atom stereocenters. The molecule has 2 aromatic carbocycles. The van der Waals surface area contributed by atoms with Crippen LogP contribution in [-0.4, -0.2) is 38.9 Å². The van der Waals surface area contributed by atoms with Gasteiger partial charge in [-0.3, -0.25) is 0 Å². The van der Waals surface area contributed by atoms with Crippen molar-refractivity contribution in [3.8, 4) is 23.3 Å². The summed E-state index contributed by atoms with van der Waals surface area (Å²) in [5, 5.41) is 9.50. The number of esters is 1. The van der Waals surface area contributed by atoms with E-state index in [2.05, 4.69) is 12.1 Å². The van der Waals surface area contributed by atoms with Gasteiger partial charge in [0.2, 0.25) is 5.75 Å². The Balaban J connectivity index is 1.74. The van der Waals surface area contributed by atoms with Crippen LogP contribution >= 0.6 is 0 Å². The van der Waals surface area contributed by atoms with Crippen LogP contribution in [0.2, 0.25) is 0 Å². The standard InChI is InChI=1S/C28H28N2O5/c1-32-23-16-18(17-24(33-2)27(23)34-3)15-19-11-12-21-25(28(31)35-14-8-4-7-13-29)20-9-5-6-10-22(20)30-26(19)21/h5-6,9-10,15-17H,4,7-8,11-12,14H2,1-3H3/b19-15+. The van der Waals surface area contributed by atoms with Gasteiger partial charge in [0, 0.05) is 11.8 Å². The first-order valence-corrected chi connectivity index (χ1v) is 11.6. The summed E-state index contributed by atoms with van der Waals surface area (Å²) >= 11 is 0. The third kappa shape index (κ3) is 4.92. The van der Waals surface area contributed by atoms with E-state index in [1.807, 2.05) is 36.4 Å². The molecule has 1 aromatic heterocycles. The summed E-state index contributed by atoms with van der Waals surface area (Å²) in [5.74, 6) is 1.34. The lowest BCUT2D eigenvalue weighted by molar-refractivity contribution is 0.0500. The highest BCUT2D eigenvalue weighted by atomic mass is 16.5. The SMILES string of the molecule is COc1cc(/C=C2\CCc3c2nc2ccccc2c3C(=O)OCCCCC#N)cc(OC)c1OC. The van der Waals surface area contributed by atoms with E-state index in [0.29, 0.717) is 55.1 Å². The van der Waals surface area contributed by atoms with Crippen molar-refractivity contribution in [1.29, 1.82) is 5.26 Å². The first-order valence-electron chi connectivity index (χ1n) is 11.6. The summed E-state index contributed by atoms with van der Waals surface area (Å²) in [5.41, 5.74) is 4.97. The highest BCUT2D eigenvalue weighted by Crippen LogP contribution is 2.41. The Morgan fingerprint density at radius 2 is 1.80 bits per heavy atom. The minimum atomic E-state index is -0.342. The van der Waals surface area contributed by atoms with Crippen molar-refractivity contribution in [3.63, 3.8) is 0 Å². The van der Waals surface area contributed by atoms with Gasteiger partial charge >= 0.3 is 5.97 Å². The number of pyridine rings is 1. The van der Waals surface area contributed by atoms with Gasteiger partial charge < -0.3 is 18.9 Å². The topological polar surface area (TPSA) is 90.7 Å². The van der Waals surface area contributed by atoms with E-state index >= 15 is 0 Å². The van der Waals surface area contributed by atoms with Crippen molar-refractivity contribution < 1.29 is 23.7 Å². The monoisotopic (exact) mass is 472 g/mol. The third-order valence-electron chi connectivity index (χ3n) is 6.09. The number of allylic oxidation sites excluding steroid dienone is 1. The van der Waals surface area contributed by atoms with E-state index in [9.17, 15) is 4.79 Å². The zero-order chi connectivity index (χ0) is 24.8. The molecule has 3 aromatic rings. The predicted octanol–water partition coefficient (Wildman–Crippen LogP) is 5.60. The van der Waals surface area contributed by atoms with Gasteiger partial charge in [-0.15, -0.1) is 0 Å². The summed E-state index contributed by atoms with van der Waals surface area (Å²) in [7, 11) is 4.75. The van der Waals surface area contributed by atoms with Gasteiger partial charge in [0.25, 0.3) is 0 Å². The van der Waals surface area contributed by atoms with Gasteiger partial charge in [-0.2, -0.15) is 5.26 Å². The van der Waals surface area contributed by atoms with Crippen LogP contribution in [0.1, 0.15) is 52.9 Å². The van der Waals surface area contributed by atoms with Gasteiger partial charge in [0.15, 0.2) is 11.5 Å². The van der Waals surface area contributed by atoms with Crippen molar-refractivity contribution in [3.05, 3.63) is 58.8 Å². The Hall–Kier alpha value is -4.05. The number of carbonyl (C=O) groups is 1. The van der Waals surface area contributed by atoms with Crippen molar-refractivity contribution in [2.75, 3.05) is 27.9 Å². The van der Waals surface area contributed by atoms with Crippen molar-refractivity contribution in [1.82, 2.24) is 4.98 Å². The number of nitrogens with zero attached hydrogens (tertiary/aromatic N) is 2. The van der Waals surface area contributed by atoms with Crippen molar-refractivity contribution in [2.24, 2.45) is 0 Å². The summed E-state index contributed by atoms with van der Waals surface area (Å²) in [4.78, 5) is 18.1. The normalized spacial score (nSPS) is 13.4. The molecular weight excluding hydrogens is 444 g/mol. The molecule has 0 aliphatic heterocycles. The highest BCUT2D eigenvalue weighted by molar-refractivity contribution is 6.07. The van der Waals surface area contributed by atoms with Crippen LogP contribution in [0.25, 0.3) is 22.6 Å². The molecule has 1 heterocycles. The van der Waals surface area contributed by atoms with E-state index < -0.39 is 0 Å². The molecule has 1 aliphatic carbocycles. The zero-order valence-electron chi connectivity index (χ0n) is 20.2. The van der Waals surface area contributed by atoms with E-state index in [-0.39, 0.29) is 5.97 Å². The Morgan fingerprint density at radius 1 is 1.06 bits per heavy atom. The number of ether oxygens (including phenoxy) is 4. The minimum Gasteiger partial charge on any atom is -0.493 e. The van der Waals surface area contributed by atoms with Gasteiger partial charge in [-0.05, 0) is 66.7 Å². The van der Waals surface area contributed by atoms with E-state index in [1.165, 1.54) is 0 Å². The summed E-state index contributed by atoms with van der Waals surface area (Å²) < 4.78 is 22.0. The molecule has 1 aliphatic rings. The fourth-order valence-corrected chi connectivity index (χ4v) is 4.44. The van der Waals surface area contributed by atoms with Crippen LogP contribution in [0.15, 0.2) is 36.4 Å². The molecule has 0 radical (unpaired) electrons. The smallest absolute Gasteiger partial charge is 0.339 e. The number of carbonyl (C=O) groups excluding carboxylic acids is 1. The summed E-state index contributed by atoms with van der Waals surface area (Å²) in [6.07, 6.45) is 5.33. The molecule has 0 N–H and O–H groups in total. The number of aromatic nitrogens is 1. The Bertz CT molecular complexity index is 1300. The molecule has 4 rings (SSSR count). The maximum atomic E-state index is 13.2. The lowest BCUT2D eigenvalue weighted by Gasteiger charge is -2.14. The van der Waals surface area contributed by atoms with Crippen LogP contribution < -0.4 is 14.2 Å². The number of hydrogen-bond acceptors (Lipinski definition) is 7. The summed E-state index contributed by atoms with van der Waals surface area (Å²) in [6, 6.07) is 13.5. The average molecular weight is 473 g/mol. The van der Waals surface area contributed by atoms with Gasteiger partial charge in [0.05, 0.1) is 50.8 Å². The van der Waals surface area contributed by atoms with Crippen LogP contribution in [-0.2, 0) is 11.2 Å². The van der Waals surface area contributed by atoms with E-state index in [0.717, 1.165) is 39.7 Å². The fraction of sp³-hybridized carbons (Fsp3) is 0.321. The molecule has 0 atom stereocenters. The van der Waals surface area contributed by atoms with Gasteiger partial charge in [-0.1, -0.05) is 18.2 Å². The lowest BCUT2D eigenvalue weighted by atomic mass is 10.0. The number of fused-ring (bicyclic) bond motifs is 2. The lowest BCUT2D eigenvalue weighted by Crippen LogP contribution is -2.11. The number of hydrogen-bond donors (Lipinski definition) is 0. The molecule has 7 nitrogen and oxygen atoms in total. The largest absolute Gasteiger partial charge is 0.493 e. The number of benzene rings is 2. The van der Waals surface area contributed by atoms with E-state index in [1.54, 1.807) is 21.3 Å². The van der Waals surface area contributed by atoms with E-state index in [4.69, 9.17) is 29.2 Å². The van der Waals surface area contributed by atoms with Crippen LogP contribution in [0.3, 0.4) is 0 Å². The fourth-order valence-electron chi connectivity index (χ4n) is 4.44. The first-order chi connectivity index (χ1) is 17.1. The van der Waals surface area contributed by atoms with Crippen molar-refractivity contribution in [2.45, 2.75) is 32.1 Å². The predicted molar refractivity (Wildman–Crippen MR) is 134 cm³/mol. The number of unbranched alkanes of at least 4 members (excludes halogenated alkanes) is 2. The molecular formula is C28H28N2O5. The summed E-state index contributed by atoms with van der Waals surface area (Å²) in [6.45, 7) is 0.292. The second kappa shape index (κ2) is 10.9. The molecule has 0 saturated carbocycles. The molecule has 180 valence electrons. The second-order valence-corrected chi connectivity index (χ2v) is 8.21. The molecule has 0 bridgehead atoms. The molecule has 0 amide bonds. The maximum absolute atomic E-state index is 13.2. The zero-order valence-corrected chi connectivity index (χ0v) is 20.2. The average Bonchev–Trinajstić information content (AvgIpc) is 3.27. The molecule has 35 heavy (non-hydrogen) atoms. The van der Waals surface area contributed by atoms with Crippen LogP contribution in [0.4, 0.5) is 0 Å². The number of methoxy groups -OCH3 is 3. The Kier molecular flexibility index (Phi) is 7.51. The second-order valence-electron chi connectivity index (χ2n) is 8.21. The number of rotatable bonds is 9. The molecule has 7 heteroatoms. The minimum absolute atomic E-state index is 0.292. The number of nitriles is 1. The molecule has 0 saturated heterocycles. The van der Waals surface area contributed by atoms with Crippen molar-refractivity contribution >= 4 is 28.5 Å². The van der Waals surface area contributed by atoms with Crippen LogP contribution in [0, 0.1) is 11.3 Å². The third-order valence-corrected chi connectivity index (χ3v) is 6.09. The van der Waals surface area contributed by atoms with Gasteiger partial charge in [0.1, 0.15) is 0 Å². The first kappa shape index (κ1) is 24.1. The molecule has 0 fully saturated rings. The van der Waals surface area contributed by atoms with Crippen LogP contribution in [0.5, 0.6) is 17.2 Å². The maximum Gasteiger partial charge on any atom is 0.339 e. The number of para-hydroxylation sites is 1. The van der Waals surface area contributed by atoms with Gasteiger partial charge in [-0.25, -0.2) is 9.78 Å². The quantitative estimate of drug-likeness (QED) is 0.296. The Morgan fingerprint density at radius 3 is 2.49 bits per heavy atom. The molecule has 0 spiro atoms.